The number of rotatable bonds is 9. The Bertz CT molecular complexity index is 882. The van der Waals surface area contributed by atoms with Gasteiger partial charge in [-0.15, -0.1) is 0 Å². The van der Waals surface area contributed by atoms with Gasteiger partial charge in [0.1, 0.15) is 11.5 Å². The molecule has 1 aliphatic rings. The predicted octanol–water partition coefficient (Wildman–Crippen LogP) is 3.76. The van der Waals surface area contributed by atoms with E-state index in [-0.39, 0.29) is 11.7 Å². The zero-order valence-electron chi connectivity index (χ0n) is 18.0. The topological polar surface area (TPSA) is 65.1 Å². The van der Waals surface area contributed by atoms with Gasteiger partial charge in [0.15, 0.2) is 5.78 Å². The first-order chi connectivity index (χ1) is 14.5. The lowest BCUT2D eigenvalue weighted by atomic mass is 9.81. The van der Waals surface area contributed by atoms with Crippen molar-refractivity contribution in [2.75, 3.05) is 34.4 Å². The molecule has 6 heteroatoms. The Hall–Kier alpha value is -2.86. The molecule has 30 heavy (non-hydrogen) atoms. The summed E-state index contributed by atoms with van der Waals surface area (Å²) in [7, 11) is 4.72. The molecular formula is C24H29NO5. The molecular weight excluding hydrogens is 382 g/mol. The van der Waals surface area contributed by atoms with Crippen molar-refractivity contribution in [3.05, 3.63) is 59.7 Å². The number of hydrogen-bond acceptors (Lipinski definition) is 5. The van der Waals surface area contributed by atoms with Crippen molar-refractivity contribution in [1.29, 1.82) is 0 Å². The minimum atomic E-state index is -0.643. The molecule has 0 saturated carbocycles. The summed E-state index contributed by atoms with van der Waals surface area (Å²) in [6.07, 6.45) is 0.187. The quantitative estimate of drug-likeness (QED) is 0.588. The second kappa shape index (κ2) is 9.76. The lowest BCUT2D eigenvalue weighted by Crippen LogP contribution is -2.32. The number of nitrogens with zero attached hydrogens (tertiary/aromatic N) is 1. The number of Topliss-reactive ketones (excluding diaryl/α,β-unsaturated/α-hetero) is 1. The molecule has 3 rings (SSSR count). The molecule has 2 aromatic carbocycles. The minimum Gasteiger partial charge on any atom is -0.497 e. The van der Waals surface area contributed by atoms with Crippen LogP contribution in [0.2, 0.25) is 0 Å². The highest BCUT2D eigenvalue weighted by Gasteiger charge is 2.49. The molecule has 2 aromatic rings. The van der Waals surface area contributed by atoms with Gasteiger partial charge in [-0.1, -0.05) is 37.3 Å². The summed E-state index contributed by atoms with van der Waals surface area (Å²) in [5, 5.41) is 0. The molecule has 160 valence electrons. The van der Waals surface area contributed by atoms with Gasteiger partial charge in [-0.3, -0.25) is 9.59 Å². The number of hydrogen-bond donors (Lipinski definition) is 0. The van der Waals surface area contributed by atoms with Gasteiger partial charge in [-0.25, -0.2) is 0 Å². The van der Waals surface area contributed by atoms with Crippen molar-refractivity contribution in [2.45, 2.75) is 19.4 Å². The highest BCUT2D eigenvalue weighted by Crippen LogP contribution is 2.43. The Morgan fingerprint density at radius 2 is 1.83 bits per heavy atom. The van der Waals surface area contributed by atoms with E-state index in [9.17, 15) is 9.59 Å². The highest BCUT2D eigenvalue weighted by atomic mass is 16.5. The molecule has 0 aliphatic carbocycles. The summed E-state index contributed by atoms with van der Waals surface area (Å²) in [6, 6.07) is 14.5. The molecule has 1 amide bonds. The fourth-order valence-electron chi connectivity index (χ4n) is 4.23. The average Bonchev–Trinajstić information content (AvgIpc) is 3.10. The maximum Gasteiger partial charge on any atom is 0.229 e. The lowest BCUT2D eigenvalue weighted by Gasteiger charge is -2.27. The Balaban J connectivity index is 2.05. The summed E-state index contributed by atoms with van der Waals surface area (Å²) in [5.74, 6) is -0.0353. The van der Waals surface area contributed by atoms with Crippen LogP contribution in [0, 0.1) is 11.8 Å². The van der Waals surface area contributed by atoms with Crippen LogP contribution in [-0.2, 0) is 9.53 Å². The molecule has 0 N–H and O–H groups in total. The standard InChI is InChI=1S/C24H29NO5/c1-5-13-25-15-19(22(26)16-9-7-6-8-10-16)21(24(25)27)23(30-4)18-14-17(28-2)11-12-20(18)29-3/h6-12,14,19,21,23H,5,13,15H2,1-4H3/t19-,21-,23?/m1/s1. The summed E-state index contributed by atoms with van der Waals surface area (Å²) in [6.45, 7) is 3.02. The van der Waals surface area contributed by atoms with Crippen molar-refractivity contribution < 1.29 is 23.8 Å². The Kier molecular flexibility index (Phi) is 7.11. The number of carbonyl (C=O) groups is 2. The van der Waals surface area contributed by atoms with Crippen LogP contribution in [0.1, 0.15) is 35.4 Å². The second-order valence-electron chi connectivity index (χ2n) is 7.41. The van der Waals surface area contributed by atoms with Crippen molar-refractivity contribution in [1.82, 2.24) is 4.90 Å². The number of ketones is 1. The lowest BCUT2D eigenvalue weighted by molar-refractivity contribution is -0.135. The van der Waals surface area contributed by atoms with Crippen molar-refractivity contribution in [3.63, 3.8) is 0 Å². The largest absolute Gasteiger partial charge is 0.497 e. The number of amides is 1. The van der Waals surface area contributed by atoms with Crippen LogP contribution in [0.4, 0.5) is 0 Å². The zero-order valence-corrected chi connectivity index (χ0v) is 18.0. The van der Waals surface area contributed by atoms with Crippen LogP contribution in [0.25, 0.3) is 0 Å². The average molecular weight is 411 g/mol. The smallest absolute Gasteiger partial charge is 0.229 e. The van der Waals surface area contributed by atoms with Crippen LogP contribution in [0.15, 0.2) is 48.5 Å². The molecule has 1 heterocycles. The van der Waals surface area contributed by atoms with E-state index in [4.69, 9.17) is 14.2 Å². The molecule has 1 fully saturated rings. The molecule has 0 aromatic heterocycles. The van der Waals surface area contributed by atoms with E-state index in [2.05, 4.69) is 0 Å². The fourth-order valence-corrected chi connectivity index (χ4v) is 4.23. The molecule has 0 spiro atoms. The predicted molar refractivity (Wildman–Crippen MR) is 114 cm³/mol. The number of benzene rings is 2. The molecule has 0 radical (unpaired) electrons. The SMILES string of the molecule is CCCN1C[C@@H](C(=O)c2ccccc2)[C@H](C(OC)c2cc(OC)ccc2OC)C1=O. The van der Waals surface area contributed by atoms with Crippen LogP contribution in [0.3, 0.4) is 0 Å². The van der Waals surface area contributed by atoms with Gasteiger partial charge < -0.3 is 19.1 Å². The van der Waals surface area contributed by atoms with E-state index >= 15 is 0 Å². The molecule has 0 bridgehead atoms. The normalized spacial score (nSPS) is 19.6. The molecule has 1 aliphatic heterocycles. The second-order valence-corrected chi connectivity index (χ2v) is 7.41. The summed E-state index contributed by atoms with van der Waals surface area (Å²) in [5.41, 5.74) is 1.30. The van der Waals surface area contributed by atoms with Gasteiger partial charge >= 0.3 is 0 Å². The van der Waals surface area contributed by atoms with Gasteiger partial charge in [0.25, 0.3) is 0 Å². The Labute approximate surface area is 177 Å². The van der Waals surface area contributed by atoms with Crippen molar-refractivity contribution in [2.24, 2.45) is 11.8 Å². The maximum atomic E-state index is 13.4. The Morgan fingerprint density at radius 3 is 2.43 bits per heavy atom. The van der Waals surface area contributed by atoms with Crippen LogP contribution >= 0.6 is 0 Å². The molecule has 3 atom stereocenters. The first-order valence-corrected chi connectivity index (χ1v) is 10.2. The van der Waals surface area contributed by atoms with Gasteiger partial charge in [0.2, 0.25) is 5.91 Å². The van der Waals surface area contributed by atoms with E-state index < -0.39 is 17.9 Å². The summed E-state index contributed by atoms with van der Waals surface area (Å²) in [4.78, 5) is 28.6. The molecule has 6 nitrogen and oxygen atoms in total. The van der Waals surface area contributed by atoms with E-state index in [0.29, 0.717) is 35.7 Å². The number of carbonyl (C=O) groups excluding carboxylic acids is 2. The fraction of sp³-hybridized carbons (Fsp3) is 0.417. The third-order valence-corrected chi connectivity index (χ3v) is 5.66. The van der Waals surface area contributed by atoms with Gasteiger partial charge in [0.05, 0.1) is 32.2 Å². The zero-order chi connectivity index (χ0) is 21.7. The minimum absolute atomic E-state index is 0.0449. The van der Waals surface area contributed by atoms with Crippen LogP contribution < -0.4 is 9.47 Å². The van der Waals surface area contributed by atoms with E-state index in [1.54, 1.807) is 50.5 Å². The van der Waals surface area contributed by atoms with E-state index in [1.807, 2.05) is 31.2 Å². The van der Waals surface area contributed by atoms with Crippen LogP contribution in [-0.4, -0.2) is 51.0 Å². The van der Waals surface area contributed by atoms with Crippen molar-refractivity contribution in [3.8, 4) is 11.5 Å². The summed E-state index contributed by atoms with van der Waals surface area (Å²) < 4.78 is 16.7. The number of methoxy groups -OCH3 is 3. The highest BCUT2D eigenvalue weighted by molar-refractivity contribution is 6.02. The maximum absolute atomic E-state index is 13.4. The molecule has 1 unspecified atom stereocenters. The summed E-state index contributed by atoms with van der Waals surface area (Å²) >= 11 is 0. The molecule has 1 saturated heterocycles. The van der Waals surface area contributed by atoms with E-state index in [1.165, 1.54) is 0 Å². The first-order valence-electron chi connectivity index (χ1n) is 10.2. The Morgan fingerprint density at radius 1 is 1.10 bits per heavy atom. The van der Waals surface area contributed by atoms with Gasteiger partial charge in [-0.05, 0) is 24.6 Å². The van der Waals surface area contributed by atoms with E-state index in [0.717, 1.165) is 6.42 Å². The number of ether oxygens (including phenoxy) is 3. The van der Waals surface area contributed by atoms with Gasteiger partial charge in [-0.2, -0.15) is 0 Å². The van der Waals surface area contributed by atoms with Crippen molar-refractivity contribution >= 4 is 11.7 Å². The van der Waals surface area contributed by atoms with Crippen LogP contribution in [0.5, 0.6) is 11.5 Å². The third-order valence-electron chi connectivity index (χ3n) is 5.66. The first kappa shape index (κ1) is 21.8. The monoisotopic (exact) mass is 411 g/mol. The van der Waals surface area contributed by atoms with Gasteiger partial charge in [0, 0.05) is 31.3 Å². The number of likely N-dealkylation sites (tertiary alicyclic amines) is 1. The third kappa shape index (κ3) is 4.19.